The molecule has 0 saturated heterocycles. The van der Waals surface area contributed by atoms with Gasteiger partial charge in [-0.2, -0.15) is 13.2 Å². The predicted octanol–water partition coefficient (Wildman–Crippen LogP) is 2.22. The van der Waals surface area contributed by atoms with Gasteiger partial charge in [-0.15, -0.1) is 0 Å². The molecular formula is C8H5ClF3NO3. The van der Waals surface area contributed by atoms with Crippen LogP contribution in [-0.2, 0) is 11.0 Å². The Morgan fingerprint density at radius 1 is 1.56 bits per heavy atom. The molecule has 88 valence electrons. The third-order valence-electron chi connectivity index (χ3n) is 1.49. The fourth-order valence-electron chi connectivity index (χ4n) is 0.824. The van der Waals surface area contributed by atoms with Crippen molar-refractivity contribution in [3.8, 4) is 5.75 Å². The van der Waals surface area contributed by atoms with Crippen LogP contribution < -0.4 is 4.74 Å². The van der Waals surface area contributed by atoms with Crippen molar-refractivity contribution in [2.24, 2.45) is 0 Å². The lowest BCUT2D eigenvalue weighted by Crippen LogP contribution is -2.11. The Balaban J connectivity index is 2.95. The van der Waals surface area contributed by atoms with Gasteiger partial charge in [0.05, 0.1) is 5.56 Å². The molecule has 0 bridgehead atoms. The molecule has 1 N–H and O–H groups in total. The number of aromatic nitrogens is 1. The highest BCUT2D eigenvalue weighted by atomic mass is 35.5. The van der Waals surface area contributed by atoms with Gasteiger partial charge in [0.1, 0.15) is 0 Å². The summed E-state index contributed by atoms with van der Waals surface area (Å²) < 4.78 is 41.3. The van der Waals surface area contributed by atoms with Crippen LogP contribution in [0.5, 0.6) is 5.75 Å². The molecule has 1 rings (SSSR count). The van der Waals surface area contributed by atoms with Crippen molar-refractivity contribution in [3.63, 3.8) is 0 Å². The monoisotopic (exact) mass is 255 g/mol. The van der Waals surface area contributed by atoms with Crippen LogP contribution in [0.25, 0.3) is 0 Å². The van der Waals surface area contributed by atoms with Crippen LogP contribution in [0.4, 0.5) is 13.2 Å². The van der Waals surface area contributed by atoms with Gasteiger partial charge in [0.15, 0.2) is 17.5 Å². The van der Waals surface area contributed by atoms with Gasteiger partial charge in [-0.1, -0.05) is 11.6 Å². The van der Waals surface area contributed by atoms with Crippen molar-refractivity contribution < 1.29 is 27.8 Å². The molecule has 16 heavy (non-hydrogen) atoms. The Morgan fingerprint density at radius 3 is 2.69 bits per heavy atom. The molecule has 8 heteroatoms. The molecule has 0 aliphatic carbocycles. The van der Waals surface area contributed by atoms with Gasteiger partial charge in [-0.05, 0) is 6.07 Å². The van der Waals surface area contributed by atoms with Crippen molar-refractivity contribution >= 4 is 17.6 Å². The fraction of sp³-hybridized carbons (Fsp3) is 0.250. The minimum absolute atomic E-state index is 0.325. The molecule has 0 amide bonds. The van der Waals surface area contributed by atoms with E-state index < -0.39 is 30.1 Å². The van der Waals surface area contributed by atoms with Crippen molar-refractivity contribution in [2.45, 2.75) is 6.18 Å². The van der Waals surface area contributed by atoms with Crippen molar-refractivity contribution in [2.75, 3.05) is 6.61 Å². The van der Waals surface area contributed by atoms with E-state index >= 15 is 0 Å². The second kappa shape index (κ2) is 4.56. The zero-order chi connectivity index (χ0) is 12.3. The summed E-state index contributed by atoms with van der Waals surface area (Å²) >= 11 is 5.43. The van der Waals surface area contributed by atoms with E-state index in [1.165, 1.54) is 0 Å². The summed E-state index contributed by atoms with van der Waals surface area (Å²) in [5.74, 6) is -1.74. The molecule has 0 aliphatic heterocycles. The zero-order valence-corrected chi connectivity index (χ0v) is 8.34. The lowest BCUT2D eigenvalue weighted by atomic mass is 10.3. The Kier molecular flexibility index (Phi) is 3.58. The van der Waals surface area contributed by atoms with Crippen molar-refractivity contribution in [1.82, 2.24) is 4.98 Å². The highest BCUT2D eigenvalue weighted by Crippen LogP contribution is 2.33. The number of nitrogens with zero attached hydrogens (tertiary/aromatic N) is 1. The molecule has 1 aromatic heterocycles. The molecule has 4 nitrogen and oxygen atoms in total. The number of carboxylic acid groups (broad SMARTS) is 1. The molecule has 0 atom stereocenters. The van der Waals surface area contributed by atoms with E-state index in [9.17, 15) is 18.0 Å². The number of carbonyl (C=O) groups is 1. The number of ether oxygens (including phenoxy) is 1. The number of halogens is 4. The molecule has 0 fully saturated rings. The Bertz CT molecular complexity index is 408. The van der Waals surface area contributed by atoms with Gasteiger partial charge in [-0.25, -0.2) is 9.78 Å². The summed E-state index contributed by atoms with van der Waals surface area (Å²) in [5, 5.41) is 7.96. The van der Waals surface area contributed by atoms with Crippen LogP contribution in [-0.4, -0.2) is 22.7 Å². The Morgan fingerprint density at radius 2 is 2.19 bits per heavy atom. The second-order valence-electron chi connectivity index (χ2n) is 2.69. The van der Waals surface area contributed by atoms with Crippen LogP contribution in [0, 0.1) is 0 Å². The number of hydrogen-bond acceptors (Lipinski definition) is 3. The maximum atomic E-state index is 12.2. The molecule has 0 unspecified atom stereocenters. The molecule has 0 aliphatic rings. The van der Waals surface area contributed by atoms with Crippen LogP contribution in [0.1, 0.15) is 5.56 Å². The summed E-state index contributed by atoms with van der Waals surface area (Å²) in [4.78, 5) is 13.4. The SMILES string of the molecule is O=C(O)COc1cc(C(F)(F)F)cnc1Cl. The third kappa shape index (κ3) is 3.27. The maximum absolute atomic E-state index is 12.2. The lowest BCUT2D eigenvalue weighted by Gasteiger charge is -2.09. The molecule has 1 aromatic rings. The highest BCUT2D eigenvalue weighted by Gasteiger charge is 2.32. The van der Waals surface area contributed by atoms with Gasteiger partial charge in [0.2, 0.25) is 0 Å². The zero-order valence-electron chi connectivity index (χ0n) is 7.58. The van der Waals surface area contributed by atoms with Gasteiger partial charge in [-0.3, -0.25) is 0 Å². The summed E-state index contributed by atoms with van der Waals surface area (Å²) in [7, 11) is 0. The molecule has 1 heterocycles. The molecule has 0 radical (unpaired) electrons. The number of rotatable bonds is 3. The largest absolute Gasteiger partial charge is 0.479 e. The smallest absolute Gasteiger partial charge is 0.418 e. The van der Waals surface area contributed by atoms with Crippen LogP contribution in [0.3, 0.4) is 0 Å². The molecular weight excluding hydrogens is 251 g/mol. The second-order valence-corrected chi connectivity index (χ2v) is 3.05. The maximum Gasteiger partial charge on any atom is 0.418 e. The lowest BCUT2D eigenvalue weighted by molar-refractivity contribution is -0.139. The molecule has 0 spiro atoms. The minimum Gasteiger partial charge on any atom is -0.479 e. The van der Waals surface area contributed by atoms with Crippen LogP contribution >= 0.6 is 11.6 Å². The van der Waals surface area contributed by atoms with Gasteiger partial charge in [0, 0.05) is 6.20 Å². The van der Waals surface area contributed by atoms with E-state index in [0.717, 1.165) is 0 Å². The number of pyridine rings is 1. The first-order chi connectivity index (χ1) is 7.30. The Hall–Kier alpha value is -1.50. The summed E-state index contributed by atoms with van der Waals surface area (Å²) in [6.45, 7) is -0.789. The highest BCUT2D eigenvalue weighted by molar-refractivity contribution is 6.30. The molecule has 0 aromatic carbocycles. The standard InChI is InChI=1S/C8H5ClF3NO3/c9-7-5(16-3-6(14)15)1-4(2-13-7)8(10,11)12/h1-2H,3H2,(H,14,15). The van der Waals surface area contributed by atoms with E-state index in [-0.39, 0.29) is 5.15 Å². The van der Waals surface area contributed by atoms with Crippen molar-refractivity contribution in [3.05, 3.63) is 23.0 Å². The van der Waals surface area contributed by atoms with E-state index in [2.05, 4.69) is 9.72 Å². The Labute approximate surface area is 92.6 Å². The molecule has 0 saturated carbocycles. The van der Waals surface area contributed by atoms with Crippen molar-refractivity contribution in [1.29, 1.82) is 0 Å². The first-order valence-electron chi connectivity index (χ1n) is 3.88. The first-order valence-corrected chi connectivity index (χ1v) is 4.26. The predicted molar refractivity (Wildman–Crippen MR) is 47.4 cm³/mol. The number of aliphatic carboxylic acids is 1. The normalized spacial score (nSPS) is 11.2. The first kappa shape index (κ1) is 12.6. The third-order valence-corrected chi connectivity index (χ3v) is 1.77. The van der Waals surface area contributed by atoms with Gasteiger partial charge in [0.25, 0.3) is 0 Å². The van der Waals surface area contributed by atoms with Gasteiger partial charge >= 0.3 is 12.1 Å². The topological polar surface area (TPSA) is 59.4 Å². The van der Waals surface area contributed by atoms with Crippen LogP contribution in [0.2, 0.25) is 5.15 Å². The summed E-state index contributed by atoms with van der Waals surface area (Å²) in [6, 6.07) is 0.596. The van der Waals surface area contributed by atoms with E-state index in [0.29, 0.717) is 12.3 Å². The fourth-order valence-corrected chi connectivity index (χ4v) is 0.982. The summed E-state index contributed by atoms with van der Waals surface area (Å²) in [6.07, 6.45) is -4.05. The summed E-state index contributed by atoms with van der Waals surface area (Å²) in [5.41, 5.74) is -1.06. The number of carboxylic acids is 1. The van der Waals surface area contributed by atoms with E-state index in [1.807, 2.05) is 0 Å². The number of alkyl halides is 3. The quantitative estimate of drug-likeness (QED) is 0.842. The number of hydrogen-bond donors (Lipinski definition) is 1. The van der Waals surface area contributed by atoms with E-state index in [1.54, 1.807) is 0 Å². The minimum atomic E-state index is -4.58. The van der Waals surface area contributed by atoms with Gasteiger partial charge < -0.3 is 9.84 Å². The average Bonchev–Trinajstić information content (AvgIpc) is 2.14. The van der Waals surface area contributed by atoms with E-state index in [4.69, 9.17) is 16.7 Å². The average molecular weight is 256 g/mol. The van der Waals surface area contributed by atoms with Crippen LogP contribution in [0.15, 0.2) is 12.3 Å².